The third-order valence-electron chi connectivity index (χ3n) is 2.35. The molecule has 0 bridgehead atoms. The lowest BCUT2D eigenvalue weighted by atomic mass is 9.99. The summed E-state index contributed by atoms with van der Waals surface area (Å²) in [5.74, 6) is 2.26. The van der Waals surface area contributed by atoms with E-state index in [-0.39, 0.29) is 12.6 Å². The maximum atomic E-state index is 11.9. The number of alkyl halides is 3. The molecule has 14 heavy (non-hydrogen) atoms. The predicted molar refractivity (Wildman–Crippen MR) is 52.3 cm³/mol. The molecule has 0 aromatic heterocycles. The van der Waals surface area contributed by atoms with Gasteiger partial charge >= 0.3 is 6.18 Å². The van der Waals surface area contributed by atoms with Crippen molar-refractivity contribution in [2.75, 3.05) is 24.6 Å². The predicted octanol–water partition coefficient (Wildman–Crippen LogP) is 1.22. The zero-order valence-corrected chi connectivity index (χ0v) is 8.63. The zero-order valence-electron chi connectivity index (χ0n) is 7.81. The molecule has 0 spiro atoms. The molecule has 1 heterocycles. The molecular formula is C8H15F3N2S. The summed E-state index contributed by atoms with van der Waals surface area (Å²) in [6, 6.07) is -0.188. The van der Waals surface area contributed by atoms with Crippen LogP contribution in [0.5, 0.6) is 0 Å². The van der Waals surface area contributed by atoms with E-state index in [2.05, 4.69) is 5.32 Å². The monoisotopic (exact) mass is 228 g/mol. The van der Waals surface area contributed by atoms with Gasteiger partial charge in [-0.3, -0.25) is 0 Å². The molecule has 84 valence electrons. The highest BCUT2D eigenvalue weighted by Gasteiger charge is 2.31. The largest absolute Gasteiger partial charge is 0.401 e. The van der Waals surface area contributed by atoms with Gasteiger partial charge in [0.15, 0.2) is 0 Å². The summed E-state index contributed by atoms with van der Waals surface area (Å²) >= 11 is 1.78. The van der Waals surface area contributed by atoms with Crippen molar-refractivity contribution in [3.8, 4) is 0 Å². The molecule has 2 nitrogen and oxygen atoms in total. The van der Waals surface area contributed by atoms with E-state index < -0.39 is 12.7 Å². The summed E-state index contributed by atoms with van der Waals surface area (Å²) in [6.07, 6.45) is -3.17. The summed E-state index contributed by atoms with van der Waals surface area (Å²) in [4.78, 5) is 0. The van der Waals surface area contributed by atoms with Crippen molar-refractivity contribution in [3.63, 3.8) is 0 Å². The number of halogens is 3. The Kier molecular flexibility index (Phi) is 4.53. The highest BCUT2D eigenvalue weighted by atomic mass is 32.2. The van der Waals surface area contributed by atoms with E-state index in [1.165, 1.54) is 0 Å². The molecule has 0 radical (unpaired) electrons. The first-order valence-electron chi connectivity index (χ1n) is 4.61. The normalized spacial score (nSPS) is 25.3. The SMILES string of the molecule is NCC(NCC(F)(F)F)C1CCSC1. The zero-order chi connectivity index (χ0) is 10.6. The molecule has 0 aliphatic carbocycles. The van der Waals surface area contributed by atoms with Crippen LogP contribution in [0, 0.1) is 5.92 Å². The summed E-state index contributed by atoms with van der Waals surface area (Å²) in [5.41, 5.74) is 5.44. The smallest absolute Gasteiger partial charge is 0.329 e. The van der Waals surface area contributed by atoms with E-state index in [0.717, 1.165) is 17.9 Å². The van der Waals surface area contributed by atoms with Gasteiger partial charge in [-0.2, -0.15) is 24.9 Å². The molecule has 0 amide bonds. The average Bonchev–Trinajstić information content (AvgIpc) is 2.56. The van der Waals surface area contributed by atoms with Crippen LogP contribution in [0.3, 0.4) is 0 Å². The van der Waals surface area contributed by atoms with Crippen molar-refractivity contribution in [1.82, 2.24) is 5.32 Å². The fourth-order valence-electron chi connectivity index (χ4n) is 1.56. The van der Waals surface area contributed by atoms with Crippen LogP contribution in [0.2, 0.25) is 0 Å². The van der Waals surface area contributed by atoms with Gasteiger partial charge in [-0.15, -0.1) is 0 Å². The number of nitrogens with one attached hydrogen (secondary N) is 1. The molecule has 2 atom stereocenters. The minimum absolute atomic E-state index is 0.188. The lowest BCUT2D eigenvalue weighted by Gasteiger charge is -2.23. The van der Waals surface area contributed by atoms with Gasteiger partial charge in [-0.05, 0) is 23.8 Å². The van der Waals surface area contributed by atoms with Crippen LogP contribution in [-0.2, 0) is 0 Å². The molecule has 1 aliphatic rings. The first-order valence-corrected chi connectivity index (χ1v) is 5.76. The van der Waals surface area contributed by atoms with Gasteiger partial charge in [0.1, 0.15) is 0 Å². The Morgan fingerprint density at radius 3 is 2.64 bits per heavy atom. The van der Waals surface area contributed by atoms with Crippen LogP contribution < -0.4 is 11.1 Å². The number of rotatable bonds is 4. The van der Waals surface area contributed by atoms with E-state index in [0.29, 0.717) is 5.92 Å². The maximum absolute atomic E-state index is 11.9. The number of thioether (sulfide) groups is 1. The van der Waals surface area contributed by atoms with E-state index in [9.17, 15) is 13.2 Å². The van der Waals surface area contributed by atoms with Gasteiger partial charge in [-0.1, -0.05) is 0 Å². The molecule has 1 saturated heterocycles. The maximum Gasteiger partial charge on any atom is 0.401 e. The van der Waals surface area contributed by atoms with Crippen molar-refractivity contribution in [2.45, 2.75) is 18.6 Å². The second-order valence-corrected chi connectivity index (χ2v) is 4.61. The van der Waals surface area contributed by atoms with E-state index >= 15 is 0 Å². The van der Waals surface area contributed by atoms with Crippen LogP contribution in [0.25, 0.3) is 0 Å². The fraction of sp³-hybridized carbons (Fsp3) is 1.00. The molecule has 1 fully saturated rings. The molecule has 0 aromatic rings. The standard InChI is InChI=1S/C8H15F3N2S/c9-8(10,11)5-13-7(3-12)6-1-2-14-4-6/h6-7,13H,1-5,12H2. The molecule has 0 aromatic carbocycles. The highest BCUT2D eigenvalue weighted by molar-refractivity contribution is 7.99. The highest BCUT2D eigenvalue weighted by Crippen LogP contribution is 2.26. The molecule has 0 saturated carbocycles. The minimum Gasteiger partial charge on any atom is -0.329 e. The first-order chi connectivity index (χ1) is 6.53. The Morgan fingerprint density at radius 2 is 2.21 bits per heavy atom. The lowest BCUT2D eigenvalue weighted by Crippen LogP contribution is -2.46. The van der Waals surface area contributed by atoms with Crippen LogP contribution in [0.15, 0.2) is 0 Å². The van der Waals surface area contributed by atoms with Crippen LogP contribution in [0.4, 0.5) is 13.2 Å². The molecule has 1 rings (SSSR count). The van der Waals surface area contributed by atoms with Gasteiger partial charge in [0.05, 0.1) is 6.54 Å². The third kappa shape index (κ3) is 4.06. The van der Waals surface area contributed by atoms with Gasteiger partial charge in [-0.25, -0.2) is 0 Å². The molecule has 6 heteroatoms. The number of nitrogens with two attached hydrogens (primary N) is 1. The summed E-state index contributed by atoms with van der Waals surface area (Å²) in [5, 5.41) is 2.49. The van der Waals surface area contributed by atoms with Crippen molar-refractivity contribution >= 4 is 11.8 Å². The van der Waals surface area contributed by atoms with Gasteiger partial charge in [0.2, 0.25) is 0 Å². The van der Waals surface area contributed by atoms with E-state index in [4.69, 9.17) is 5.73 Å². The Hall–Kier alpha value is 0.0600. The Labute approximate surface area is 85.8 Å². The van der Waals surface area contributed by atoms with Gasteiger partial charge in [0, 0.05) is 12.6 Å². The van der Waals surface area contributed by atoms with Crippen molar-refractivity contribution < 1.29 is 13.2 Å². The number of hydrogen-bond acceptors (Lipinski definition) is 3. The molecule has 2 unspecified atom stereocenters. The first kappa shape index (κ1) is 12.1. The topological polar surface area (TPSA) is 38.0 Å². The second-order valence-electron chi connectivity index (χ2n) is 3.46. The quantitative estimate of drug-likeness (QED) is 0.760. The Bertz CT molecular complexity index is 168. The van der Waals surface area contributed by atoms with Gasteiger partial charge in [0.25, 0.3) is 0 Å². The summed E-state index contributed by atoms with van der Waals surface area (Å²) in [7, 11) is 0. The van der Waals surface area contributed by atoms with Crippen LogP contribution in [-0.4, -0.2) is 36.8 Å². The third-order valence-corrected chi connectivity index (χ3v) is 3.54. The van der Waals surface area contributed by atoms with Crippen molar-refractivity contribution in [1.29, 1.82) is 0 Å². The van der Waals surface area contributed by atoms with Crippen molar-refractivity contribution in [2.24, 2.45) is 11.7 Å². The van der Waals surface area contributed by atoms with Crippen LogP contribution in [0.1, 0.15) is 6.42 Å². The van der Waals surface area contributed by atoms with Crippen LogP contribution >= 0.6 is 11.8 Å². The van der Waals surface area contributed by atoms with E-state index in [1.54, 1.807) is 11.8 Å². The fourth-order valence-corrected chi connectivity index (χ4v) is 2.90. The summed E-state index contributed by atoms with van der Waals surface area (Å²) in [6.45, 7) is -0.655. The lowest BCUT2D eigenvalue weighted by molar-refractivity contribution is -0.126. The Balaban J connectivity index is 2.31. The van der Waals surface area contributed by atoms with Gasteiger partial charge < -0.3 is 11.1 Å². The average molecular weight is 228 g/mol. The molecular weight excluding hydrogens is 213 g/mol. The number of hydrogen-bond donors (Lipinski definition) is 2. The minimum atomic E-state index is -4.14. The van der Waals surface area contributed by atoms with E-state index in [1.807, 2.05) is 0 Å². The Morgan fingerprint density at radius 1 is 1.50 bits per heavy atom. The summed E-state index contributed by atoms with van der Waals surface area (Å²) < 4.78 is 35.8. The molecule has 1 aliphatic heterocycles. The van der Waals surface area contributed by atoms with Crippen molar-refractivity contribution in [3.05, 3.63) is 0 Å². The second kappa shape index (κ2) is 5.23. The molecule has 3 N–H and O–H groups in total.